The Hall–Kier alpha value is -2.66. The van der Waals surface area contributed by atoms with Crippen LogP contribution in [0.4, 0.5) is 4.39 Å². The number of hydrogen-bond acceptors (Lipinski definition) is 2. The minimum atomic E-state index is -1.09. The van der Waals surface area contributed by atoms with Crippen LogP contribution in [0.1, 0.15) is 16.8 Å². The number of carboxylic acid groups (broad SMARTS) is 1. The molecular weight excluding hydrogens is 331 g/mol. The second kappa shape index (κ2) is 6.45. The van der Waals surface area contributed by atoms with E-state index >= 15 is 0 Å². The number of hydrogen-bond donors (Lipinski definition) is 1. The van der Waals surface area contributed by atoms with Crippen molar-refractivity contribution in [2.45, 2.75) is 13.5 Å². The highest BCUT2D eigenvalue weighted by Crippen LogP contribution is 2.24. The second-order valence-electron chi connectivity index (χ2n) is 5.47. The van der Waals surface area contributed by atoms with Crippen molar-refractivity contribution >= 4 is 34.5 Å². The van der Waals surface area contributed by atoms with Gasteiger partial charge in [-0.2, -0.15) is 5.10 Å². The van der Waals surface area contributed by atoms with Gasteiger partial charge in [0.15, 0.2) is 0 Å². The van der Waals surface area contributed by atoms with Crippen LogP contribution in [0.25, 0.3) is 17.0 Å². The van der Waals surface area contributed by atoms with Gasteiger partial charge in [-0.15, -0.1) is 0 Å². The zero-order valence-corrected chi connectivity index (χ0v) is 13.6. The van der Waals surface area contributed by atoms with Gasteiger partial charge >= 0.3 is 5.97 Å². The Kier molecular flexibility index (Phi) is 4.36. The van der Waals surface area contributed by atoms with Gasteiger partial charge in [0.2, 0.25) is 0 Å². The number of rotatable bonds is 4. The number of aromatic nitrogens is 2. The highest BCUT2D eigenvalue weighted by atomic mass is 35.5. The minimum Gasteiger partial charge on any atom is -0.478 e. The molecule has 0 aliphatic carbocycles. The molecule has 4 nitrogen and oxygen atoms in total. The molecular formula is C18H14ClFN2O2. The topological polar surface area (TPSA) is 55.1 Å². The lowest BCUT2D eigenvalue weighted by atomic mass is 10.1. The Labute approximate surface area is 142 Å². The Bertz CT molecular complexity index is 963. The van der Waals surface area contributed by atoms with Crippen LogP contribution in [0.3, 0.4) is 0 Å². The Morgan fingerprint density at radius 3 is 2.83 bits per heavy atom. The van der Waals surface area contributed by atoms with Crippen molar-refractivity contribution in [3.63, 3.8) is 0 Å². The van der Waals surface area contributed by atoms with Crippen molar-refractivity contribution < 1.29 is 14.3 Å². The number of aliphatic carboxylic acids is 1. The Balaban J connectivity index is 2.09. The highest BCUT2D eigenvalue weighted by Gasteiger charge is 2.12. The van der Waals surface area contributed by atoms with Gasteiger partial charge in [0.05, 0.1) is 17.8 Å². The van der Waals surface area contributed by atoms with E-state index in [1.807, 2.05) is 25.1 Å². The summed E-state index contributed by atoms with van der Waals surface area (Å²) >= 11 is 6.27. The SMILES string of the molecule is Cc1ccc(Cn2nc(/C=C/C(=O)O)c3cc(F)ccc32)c(Cl)c1. The fourth-order valence-corrected chi connectivity index (χ4v) is 2.81. The maximum Gasteiger partial charge on any atom is 0.328 e. The summed E-state index contributed by atoms with van der Waals surface area (Å²) in [4.78, 5) is 10.7. The maximum atomic E-state index is 13.6. The summed E-state index contributed by atoms with van der Waals surface area (Å²) in [5.74, 6) is -1.49. The van der Waals surface area contributed by atoms with Gasteiger partial charge in [0, 0.05) is 16.5 Å². The molecule has 0 unspecified atom stereocenters. The molecule has 0 spiro atoms. The largest absolute Gasteiger partial charge is 0.478 e. The lowest BCUT2D eigenvalue weighted by molar-refractivity contribution is -0.131. The van der Waals surface area contributed by atoms with E-state index in [4.69, 9.17) is 16.7 Å². The van der Waals surface area contributed by atoms with E-state index in [9.17, 15) is 9.18 Å². The molecule has 1 N–H and O–H groups in total. The molecule has 0 fully saturated rings. The van der Waals surface area contributed by atoms with Crippen molar-refractivity contribution in [3.05, 3.63) is 70.1 Å². The molecule has 1 heterocycles. The van der Waals surface area contributed by atoms with Gasteiger partial charge in [-0.3, -0.25) is 4.68 Å². The average Bonchev–Trinajstić information content (AvgIpc) is 2.85. The van der Waals surface area contributed by atoms with Crippen LogP contribution >= 0.6 is 11.6 Å². The number of aryl methyl sites for hydroxylation is 1. The quantitative estimate of drug-likeness (QED) is 0.718. The average molecular weight is 345 g/mol. The summed E-state index contributed by atoms with van der Waals surface area (Å²) in [6.45, 7) is 2.36. The maximum absolute atomic E-state index is 13.6. The van der Waals surface area contributed by atoms with Crippen molar-refractivity contribution in [2.24, 2.45) is 0 Å². The third-order valence-corrected chi connectivity index (χ3v) is 4.01. The monoisotopic (exact) mass is 344 g/mol. The van der Waals surface area contributed by atoms with Crippen LogP contribution in [0, 0.1) is 12.7 Å². The summed E-state index contributed by atoms with van der Waals surface area (Å²) in [5.41, 5.74) is 3.04. The fraction of sp³-hybridized carbons (Fsp3) is 0.111. The Morgan fingerprint density at radius 1 is 1.33 bits per heavy atom. The van der Waals surface area contributed by atoms with Gasteiger partial charge in [-0.1, -0.05) is 23.7 Å². The fourth-order valence-electron chi connectivity index (χ4n) is 2.51. The molecule has 0 bridgehead atoms. The first kappa shape index (κ1) is 16.2. The molecule has 0 radical (unpaired) electrons. The second-order valence-corrected chi connectivity index (χ2v) is 5.88. The molecule has 0 saturated carbocycles. The van der Waals surface area contributed by atoms with Crippen molar-refractivity contribution in [1.29, 1.82) is 0 Å². The lowest BCUT2D eigenvalue weighted by Gasteiger charge is -2.07. The number of benzene rings is 2. The highest BCUT2D eigenvalue weighted by molar-refractivity contribution is 6.31. The van der Waals surface area contributed by atoms with Crippen LogP contribution in [0.15, 0.2) is 42.5 Å². The first-order valence-corrected chi connectivity index (χ1v) is 7.64. The number of fused-ring (bicyclic) bond motifs is 1. The van der Waals surface area contributed by atoms with Gasteiger partial charge in [0.25, 0.3) is 0 Å². The summed E-state index contributed by atoms with van der Waals surface area (Å²) in [6, 6.07) is 10.1. The number of halogens is 2. The first-order valence-electron chi connectivity index (χ1n) is 7.26. The van der Waals surface area contributed by atoms with Gasteiger partial charge < -0.3 is 5.11 Å². The summed E-state index contributed by atoms with van der Waals surface area (Å²) < 4.78 is 15.2. The van der Waals surface area contributed by atoms with Crippen LogP contribution in [-0.4, -0.2) is 20.9 Å². The molecule has 0 amide bonds. The third kappa shape index (κ3) is 3.31. The van der Waals surface area contributed by atoms with E-state index < -0.39 is 11.8 Å². The zero-order chi connectivity index (χ0) is 17.3. The predicted octanol–water partition coefficient (Wildman–Crippen LogP) is 4.28. The first-order chi connectivity index (χ1) is 11.4. The molecule has 2 aromatic carbocycles. The molecule has 3 aromatic rings. The minimum absolute atomic E-state index is 0.398. The normalized spacial score (nSPS) is 11.5. The molecule has 1 aromatic heterocycles. The van der Waals surface area contributed by atoms with E-state index in [0.717, 1.165) is 17.2 Å². The summed E-state index contributed by atoms with van der Waals surface area (Å²) in [6.07, 6.45) is 2.34. The van der Waals surface area contributed by atoms with E-state index in [1.165, 1.54) is 18.2 Å². The summed E-state index contributed by atoms with van der Waals surface area (Å²) in [5, 5.41) is 14.4. The number of nitrogens with zero attached hydrogens (tertiary/aromatic N) is 2. The van der Waals surface area contributed by atoms with Gasteiger partial charge in [-0.05, 0) is 48.4 Å². The van der Waals surface area contributed by atoms with E-state index in [0.29, 0.717) is 28.2 Å². The zero-order valence-electron chi connectivity index (χ0n) is 12.8. The molecule has 0 atom stereocenters. The molecule has 122 valence electrons. The standard InChI is InChI=1S/C18H14ClFN2O2/c1-11-2-3-12(15(19)8-11)10-22-17-6-4-13(20)9-14(17)16(21-22)5-7-18(23)24/h2-9H,10H2,1H3,(H,23,24)/b7-5+. The molecule has 3 rings (SSSR count). The van der Waals surface area contributed by atoms with Crippen LogP contribution < -0.4 is 0 Å². The van der Waals surface area contributed by atoms with Crippen molar-refractivity contribution in [1.82, 2.24) is 9.78 Å². The molecule has 0 aliphatic rings. The smallest absolute Gasteiger partial charge is 0.328 e. The van der Waals surface area contributed by atoms with Crippen LogP contribution in [-0.2, 0) is 11.3 Å². The number of carbonyl (C=O) groups is 1. The summed E-state index contributed by atoms with van der Waals surface area (Å²) in [7, 11) is 0. The van der Waals surface area contributed by atoms with Crippen molar-refractivity contribution in [3.8, 4) is 0 Å². The van der Waals surface area contributed by atoms with Crippen LogP contribution in [0.2, 0.25) is 5.02 Å². The number of carboxylic acids is 1. The Morgan fingerprint density at radius 2 is 2.12 bits per heavy atom. The lowest BCUT2D eigenvalue weighted by Crippen LogP contribution is -2.02. The molecule has 24 heavy (non-hydrogen) atoms. The third-order valence-electron chi connectivity index (χ3n) is 3.65. The molecule has 6 heteroatoms. The van der Waals surface area contributed by atoms with E-state index in [-0.39, 0.29) is 0 Å². The van der Waals surface area contributed by atoms with Gasteiger partial charge in [0.1, 0.15) is 5.82 Å². The van der Waals surface area contributed by atoms with Gasteiger partial charge in [-0.25, -0.2) is 9.18 Å². The molecule has 0 saturated heterocycles. The van der Waals surface area contributed by atoms with E-state index in [1.54, 1.807) is 10.7 Å². The van der Waals surface area contributed by atoms with E-state index in [2.05, 4.69) is 5.10 Å². The van der Waals surface area contributed by atoms with Crippen LogP contribution in [0.5, 0.6) is 0 Å². The predicted molar refractivity (Wildman–Crippen MR) is 91.7 cm³/mol. The van der Waals surface area contributed by atoms with Crippen molar-refractivity contribution in [2.75, 3.05) is 0 Å². The molecule has 0 aliphatic heterocycles.